The van der Waals surface area contributed by atoms with Crippen molar-refractivity contribution in [2.75, 3.05) is 0 Å². The molecule has 0 unspecified atom stereocenters. The number of carbonyl (C=O) groups is 1. The number of amides is 1. The van der Waals surface area contributed by atoms with Gasteiger partial charge in [0.2, 0.25) is 0 Å². The molecule has 19 heavy (non-hydrogen) atoms. The molecular formula is C14H11BrFNO2. The minimum atomic E-state index is -0.617. The van der Waals surface area contributed by atoms with E-state index in [4.69, 9.17) is 4.74 Å². The second-order valence-electron chi connectivity index (χ2n) is 3.79. The predicted octanol–water partition coefficient (Wildman–Crippen LogP) is 3.88. The lowest BCUT2D eigenvalue weighted by Gasteiger charge is -2.07. The molecule has 0 radical (unpaired) electrons. The number of hydrogen-bond acceptors (Lipinski definition) is 2. The van der Waals surface area contributed by atoms with Gasteiger partial charge in [0.15, 0.2) is 0 Å². The number of ether oxygens (including phenoxy) is 1. The van der Waals surface area contributed by atoms with Crippen molar-refractivity contribution in [1.29, 1.82) is 0 Å². The topological polar surface area (TPSA) is 38.3 Å². The van der Waals surface area contributed by atoms with Crippen LogP contribution in [0.3, 0.4) is 0 Å². The van der Waals surface area contributed by atoms with E-state index in [1.807, 2.05) is 6.07 Å². The van der Waals surface area contributed by atoms with Gasteiger partial charge in [-0.2, -0.15) is 0 Å². The van der Waals surface area contributed by atoms with Crippen LogP contribution in [0, 0.1) is 5.82 Å². The maximum absolute atomic E-state index is 13.5. The number of nitrogens with one attached hydrogen (secondary N) is 1. The van der Waals surface area contributed by atoms with Crippen molar-refractivity contribution in [2.24, 2.45) is 0 Å². The van der Waals surface area contributed by atoms with Crippen LogP contribution in [0.15, 0.2) is 53.0 Å². The standard InChI is InChI=1S/C14H11BrFNO2/c15-11-7-6-10(13(16)8-11)9-17-14(18)19-12-4-2-1-3-5-12/h1-8H,9H2,(H,17,18). The molecule has 5 heteroatoms. The molecule has 0 bridgehead atoms. The third-order valence-electron chi connectivity index (χ3n) is 2.39. The van der Waals surface area contributed by atoms with E-state index in [0.717, 1.165) is 0 Å². The van der Waals surface area contributed by atoms with E-state index in [1.165, 1.54) is 6.07 Å². The van der Waals surface area contributed by atoms with Crippen molar-refractivity contribution in [2.45, 2.75) is 6.54 Å². The Balaban J connectivity index is 1.90. The Hall–Kier alpha value is -1.88. The van der Waals surface area contributed by atoms with Gasteiger partial charge in [0, 0.05) is 16.6 Å². The van der Waals surface area contributed by atoms with Crippen LogP contribution >= 0.6 is 15.9 Å². The fourth-order valence-corrected chi connectivity index (χ4v) is 1.80. The summed E-state index contributed by atoms with van der Waals surface area (Å²) < 4.78 is 19.2. The molecule has 0 saturated heterocycles. The lowest BCUT2D eigenvalue weighted by atomic mass is 10.2. The van der Waals surface area contributed by atoms with Crippen molar-refractivity contribution < 1.29 is 13.9 Å². The number of carbonyl (C=O) groups excluding carboxylic acids is 1. The first-order valence-electron chi connectivity index (χ1n) is 5.60. The zero-order chi connectivity index (χ0) is 13.7. The normalized spacial score (nSPS) is 10.0. The minimum absolute atomic E-state index is 0.0742. The van der Waals surface area contributed by atoms with E-state index in [-0.39, 0.29) is 12.4 Å². The molecular weight excluding hydrogens is 313 g/mol. The van der Waals surface area contributed by atoms with Crippen molar-refractivity contribution in [3.8, 4) is 5.75 Å². The van der Waals surface area contributed by atoms with Crippen LogP contribution in [0.1, 0.15) is 5.56 Å². The van der Waals surface area contributed by atoms with E-state index in [2.05, 4.69) is 21.2 Å². The van der Waals surface area contributed by atoms with Gasteiger partial charge in [-0.25, -0.2) is 9.18 Å². The molecule has 0 fully saturated rings. The van der Waals surface area contributed by atoms with Gasteiger partial charge in [-0.15, -0.1) is 0 Å². The smallest absolute Gasteiger partial charge is 0.410 e. The van der Waals surface area contributed by atoms with Crippen LogP contribution in [-0.4, -0.2) is 6.09 Å². The summed E-state index contributed by atoms with van der Waals surface area (Å²) in [5.41, 5.74) is 0.396. The monoisotopic (exact) mass is 323 g/mol. The van der Waals surface area contributed by atoms with Crippen molar-refractivity contribution in [1.82, 2.24) is 5.32 Å². The third kappa shape index (κ3) is 4.06. The van der Waals surface area contributed by atoms with E-state index < -0.39 is 6.09 Å². The summed E-state index contributed by atoms with van der Waals surface area (Å²) in [7, 11) is 0. The molecule has 0 aliphatic rings. The summed E-state index contributed by atoms with van der Waals surface area (Å²) in [5, 5.41) is 2.49. The molecule has 0 aliphatic carbocycles. The van der Waals surface area contributed by atoms with Crippen molar-refractivity contribution >= 4 is 22.0 Å². The Morgan fingerprint density at radius 3 is 2.63 bits per heavy atom. The van der Waals surface area contributed by atoms with Gasteiger partial charge in [-0.1, -0.05) is 40.2 Å². The summed E-state index contributed by atoms with van der Waals surface area (Å²) in [6.07, 6.45) is -0.617. The van der Waals surface area contributed by atoms with Gasteiger partial charge in [-0.05, 0) is 24.3 Å². The van der Waals surface area contributed by atoms with Gasteiger partial charge < -0.3 is 10.1 Å². The highest BCUT2D eigenvalue weighted by molar-refractivity contribution is 9.10. The Morgan fingerprint density at radius 2 is 1.95 bits per heavy atom. The van der Waals surface area contributed by atoms with Gasteiger partial charge >= 0.3 is 6.09 Å². The molecule has 2 rings (SSSR count). The van der Waals surface area contributed by atoms with Crippen LogP contribution in [0.25, 0.3) is 0 Å². The Morgan fingerprint density at radius 1 is 1.21 bits per heavy atom. The average Bonchev–Trinajstić information content (AvgIpc) is 2.39. The summed E-state index contributed by atoms with van der Waals surface area (Å²) >= 11 is 3.17. The van der Waals surface area contributed by atoms with Gasteiger partial charge in [-0.3, -0.25) is 0 Å². The fraction of sp³-hybridized carbons (Fsp3) is 0.0714. The van der Waals surface area contributed by atoms with Crippen LogP contribution in [0.5, 0.6) is 5.75 Å². The Kier molecular flexibility index (Phi) is 4.52. The van der Waals surface area contributed by atoms with E-state index >= 15 is 0 Å². The van der Waals surface area contributed by atoms with Crippen LogP contribution in [0.4, 0.5) is 9.18 Å². The van der Waals surface area contributed by atoms with Gasteiger partial charge in [0.25, 0.3) is 0 Å². The van der Waals surface area contributed by atoms with Crippen LogP contribution in [0.2, 0.25) is 0 Å². The maximum atomic E-state index is 13.5. The number of halogens is 2. The number of benzene rings is 2. The SMILES string of the molecule is O=C(NCc1ccc(Br)cc1F)Oc1ccccc1. The van der Waals surface area contributed by atoms with E-state index in [1.54, 1.807) is 36.4 Å². The Labute approximate surface area is 118 Å². The van der Waals surface area contributed by atoms with Gasteiger partial charge in [0.1, 0.15) is 11.6 Å². The molecule has 0 saturated carbocycles. The molecule has 0 spiro atoms. The highest BCUT2D eigenvalue weighted by Gasteiger charge is 2.07. The highest BCUT2D eigenvalue weighted by atomic mass is 79.9. The van der Waals surface area contributed by atoms with Crippen molar-refractivity contribution in [3.63, 3.8) is 0 Å². The largest absolute Gasteiger partial charge is 0.412 e. The molecule has 3 nitrogen and oxygen atoms in total. The molecule has 1 N–H and O–H groups in total. The summed E-state index contributed by atoms with van der Waals surface area (Å²) in [5.74, 6) is 0.0608. The molecule has 0 heterocycles. The second kappa shape index (κ2) is 6.33. The van der Waals surface area contributed by atoms with E-state index in [0.29, 0.717) is 15.8 Å². The zero-order valence-corrected chi connectivity index (χ0v) is 11.5. The minimum Gasteiger partial charge on any atom is -0.410 e. The predicted molar refractivity (Wildman–Crippen MR) is 73.4 cm³/mol. The maximum Gasteiger partial charge on any atom is 0.412 e. The third-order valence-corrected chi connectivity index (χ3v) is 2.89. The molecule has 98 valence electrons. The zero-order valence-electron chi connectivity index (χ0n) is 9.90. The lowest BCUT2D eigenvalue weighted by Crippen LogP contribution is -2.26. The molecule has 0 aliphatic heterocycles. The molecule has 2 aromatic rings. The highest BCUT2D eigenvalue weighted by Crippen LogP contribution is 2.15. The number of para-hydroxylation sites is 1. The van der Waals surface area contributed by atoms with Crippen molar-refractivity contribution in [3.05, 3.63) is 64.4 Å². The Bertz CT molecular complexity index is 575. The second-order valence-corrected chi connectivity index (χ2v) is 4.71. The van der Waals surface area contributed by atoms with Gasteiger partial charge in [0.05, 0.1) is 0 Å². The molecule has 0 aromatic heterocycles. The first-order valence-corrected chi connectivity index (χ1v) is 6.39. The molecule has 2 aromatic carbocycles. The number of rotatable bonds is 3. The average molecular weight is 324 g/mol. The molecule has 0 atom stereocenters. The van der Waals surface area contributed by atoms with Crippen LogP contribution in [-0.2, 0) is 6.54 Å². The quantitative estimate of drug-likeness (QED) is 0.930. The summed E-state index contributed by atoms with van der Waals surface area (Å²) in [6, 6.07) is 13.3. The summed E-state index contributed by atoms with van der Waals surface area (Å²) in [6.45, 7) is 0.0742. The fourth-order valence-electron chi connectivity index (χ4n) is 1.46. The number of hydrogen-bond donors (Lipinski definition) is 1. The lowest BCUT2D eigenvalue weighted by molar-refractivity contribution is 0.200. The van der Waals surface area contributed by atoms with E-state index in [9.17, 15) is 9.18 Å². The molecule has 1 amide bonds. The first-order chi connectivity index (χ1) is 9.15. The summed E-state index contributed by atoms with van der Waals surface area (Å²) in [4.78, 5) is 11.5. The van der Waals surface area contributed by atoms with Crippen LogP contribution < -0.4 is 10.1 Å². The first kappa shape index (κ1) is 13.5.